The van der Waals surface area contributed by atoms with Gasteiger partial charge in [-0.25, -0.2) is 0 Å². The van der Waals surface area contributed by atoms with E-state index in [9.17, 15) is 4.79 Å². The molecule has 3 rings (SSSR count). The van der Waals surface area contributed by atoms with Crippen LogP contribution in [0.2, 0.25) is 5.02 Å². The monoisotopic (exact) mass is 408 g/mol. The predicted molar refractivity (Wildman–Crippen MR) is 118 cm³/mol. The van der Waals surface area contributed by atoms with Crippen LogP contribution < -0.4 is 15.4 Å². The second kappa shape index (κ2) is 9.69. The van der Waals surface area contributed by atoms with Crippen molar-refractivity contribution in [2.45, 2.75) is 0 Å². The predicted octanol–water partition coefficient (Wildman–Crippen LogP) is 5.66. The Morgan fingerprint density at radius 3 is 2.25 bits per heavy atom. The topological polar surface area (TPSA) is 50.4 Å². The zero-order valence-electron chi connectivity index (χ0n) is 14.8. The normalized spacial score (nSPS) is 10.5. The lowest BCUT2D eigenvalue weighted by atomic mass is 10.2. The van der Waals surface area contributed by atoms with Crippen molar-refractivity contribution in [2.75, 3.05) is 5.32 Å². The minimum Gasteiger partial charge on any atom is -0.457 e. The summed E-state index contributed by atoms with van der Waals surface area (Å²) in [4.78, 5) is 12.0. The van der Waals surface area contributed by atoms with Gasteiger partial charge in [0, 0.05) is 16.8 Å². The number of rotatable bonds is 5. The Kier molecular flexibility index (Phi) is 6.78. The van der Waals surface area contributed by atoms with Crippen LogP contribution in [0.25, 0.3) is 6.08 Å². The first kappa shape index (κ1) is 19.6. The van der Waals surface area contributed by atoms with E-state index in [0.29, 0.717) is 10.8 Å². The largest absolute Gasteiger partial charge is 0.457 e. The molecule has 6 heteroatoms. The Morgan fingerprint density at radius 1 is 0.893 bits per heavy atom. The number of anilines is 1. The fourth-order valence-electron chi connectivity index (χ4n) is 2.32. The average Bonchev–Trinajstić information content (AvgIpc) is 2.69. The molecule has 4 nitrogen and oxygen atoms in total. The fourth-order valence-corrected chi connectivity index (χ4v) is 2.74. The highest BCUT2D eigenvalue weighted by Crippen LogP contribution is 2.22. The quantitative estimate of drug-likeness (QED) is 0.422. The number of nitrogens with one attached hydrogen (secondary N) is 2. The third-order valence-corrected chi connectivity index (χ3v) is 4.20. The first-order valence-corrected chi connectivity index (χ1v) is 9.26. The molecule has 0 aliphatic carbocycles. The van der Waals surface area contributed by atoms with Crippen LogP contribution in [0, 0.1) is 0 Å². The standard InChI is InChI=1S/C22H17ClN2O2S/c23-20-9-5-4-6-16(20)10-15-21(26)25-22(28)24-17-11-13-19(14-12-17)27-18-7-2-1-3-8-18/h1-15H,(H2,24,25,26,28)/b15-10+. The second-order valence-corrected chi connectivity index (χ2v) is 6.55. The van der Waals surface area contributed by atoms with Gasteiger partial charge in [-0.3, -0.25) is 10.1 Å². The van der Waals surface area contributed by atoms with E-state index in [4.69, 9.17) is 28.6 Å². The van der Waals surface area contributed by atoms with Gasteiger partial charge >= 0.3 is 0 Å². The molecule has 0 aromatic heterocycles. The van der Waals surface area contributed by atoms with Gasteiger partial charge in [0.15, 0.2) is 5.11 Å². The van der Waals surface area contributed by atoms with Gasteiger partial charge in [0.2, 0.25) is 5.91 Å². The van der Waals surface area contributed by atoms with Crippen molar-refractivity contribution in [3.8, 4) is 11.5 Å². The number of thiocarbonyl (C=S) groups is 1. The van der Waals surface area contributed by atoms with Crippen LogP contribution >= 0.6 is 23.8 Å². The van der Waals surface area contributed by atoms with Crippen LogP contribution in [0.1, 0.15) is 5.56 Å². The Labute approximate surface area is 173 Å². The van der Waals surface area contributed by atoms with E-state index in [1.54, 1.807) is 12.1 Å². The molecule has 140 valence electrons. The SMILES string of the molecule is O=C(/C=C/c1ccccc1Cl)NC(=S)Nc1ccc(Oc2ccccc2)cc1. The number of benzene rings is 3. The van der Waals surface area contributed by atoms with Gasteiger partial charge < -0.3 is 10.1 Å². The molecule has 0 aliphatic heterocycles. The zero-order valence-corrected chi connectivity index (χ0v) is 16.3. The Balaban J connectivity index is 1.51. The third-order valence-electron chi connectivity index (χ3n) is 3.65. The van der Waals surface area contributed by atoms with Crippen LogP contribution in [0.4, 0.5) is 5.69 Å². The molecular weight excluding hydrogens is 392 g/mol. The molecule has 3 aromatic carbocycles. The summed E-state index contributed by atoms with van der Waals surface area (Å²) < 4.78 is 5.74. The van der Waals surface area contributed by atoms with Crippen molar-refractivity contribution >= 4 is 46.6 Å². The summed E-state index contributed by atoms with van der Waals surface area (Å²) in [6, 6.07) is 24.0. The summed E-state index contributed by atoms with van der Waals surface area (Å²) in [6.07, 6.45) is 3.02. The number of para-hydroxylation sites is 1. The first-order chi connectivity index (χ1) is 13.6. The molecule has 0 radical (unpaired) electrons. The van der Waals surface area contributed by atoms with Gasteiger partial charge in [-0.15, -0.1) is 0 Å². The maximum Gasteiger partial charge on any atom is 0.250 e. The highest BCUT2D eigenvalue weighted by Gasteiger charge is 2.03. The number of hydrogen-bond acceptors (Lipinski definition) is 3. The van der Waals surface area contributed by atoms with Crippen LogP contribution in [0.15, 0.2) is 84.9 Å². The van der Waals surface area contributed by atoms with Crippen molar-refractivity contribution in [1.29, 1.82) is 0 Å². The fraction of sp³-hybridized carbons (Fsp3) is 0. The first-order valence-electron chi connectivity index (χ1n) is 8.48. The zero-order chi connectivity index (χ0) is 19.8. The molecular formula is C22H17ClN2O2S. The smallest absolute Gasteiger partial charge is 0.250 e. The number of ether oxygens (including phenoxy) is 1. The summed E-state index contributed by atoms with van der Waals surface area (Å²) in [7, 11) is 0. The highest BCUT2D eigenvalue weighted by molar-refractivity contribution is 7.80. The minimum absolute atomic E-state index is 0.200. The van der Waals surface area contributed by atoms with E-state index in [2.05, 4.69) is 10.6 Å². The maximum absolute atomic E-state index is 12.0. The lowest BCUT2D eigenvalue weighted by Gasteiger charge is -2.10. The van der Waals surface area contributed by atoms with E-state index in [1.165, 1.54) is 6.08 Å². The molecule has 0 saturated heterocycles. The van der Waals surface area contributed by atoms with E-state index < -0.39 is 0 Å². The van der Waals surface area contributed by atoms with E-state index in [1.807, 2.05) is 72.8 Å². The molecule has 0 unspecified atom stereocenters. The summed E-state index contributed by atoms with van der Waals surface area (Å²) in [5.74, 6) is 1.12. The van der Waals surface area contributed by atoms with Crippen molar-refractivity contribution < 1.29 is 9.53 Å². The molecule has 0 spiro atoms. The molecule has 0 saturated carbocycles. The minimum atomic E-state index is -0.346. The van der Waals surface area contributed by atoms with Gasteiger partial charge in [0.25, 0.3) is 0 Å². The van der Waals surface area contributed by atoms with Gasteiger partial charge in [0.05, 0.1) is 0 Å². The summed E-state index contributed by atoms with van der Waals surface area (Å²) in [5, 5.41) is 6.32. The maximum atomic E-state index is 12.0. The molecule has 0 heterocycles. The third kappa shape index (κ3) is 5.94. The molecule has 0 bridgehead atoms. The molecule has 2 N–H and O–H groups in total. The van der Waals surface area contributed by atoms with Crippen molar-refractivity contribution in [3.63, 3.8) is 0 Å². The van der Waals surface area contributed by atoms with Gasteiger partial charge in [-0.1, -0.05) is 48.0 Å². The van der Waals surface area contributed by atoms with Crippen molar-refractivity contribution in [1.82, 2.24) is 5.32 Å². The van der Waals surface area contributed by atoms with Crippen LogP contribution in [-0.4, -0.2) is 11.0 Å². The summed E-state index contributed by atoms with van der Waals surface area (Å²) >= 11 is 11.2. The van der Waals surface area contributed by atoms with Crippen molar-refractivity contribution in [3.05, 3.63) is 95.5 Å². The van der Waals surface area contributed by atoms with Crippen LogP contribution in [0.5, 0.6) is 11.5 Å². The molecule has 3 aromatic rings. The average molecular weight is 409 g/mol. The second-order valence-electron chi connectivity index (χ2n) is 5.74. The number of halogens is 1. The molecule has 1 amide bonds. The summed E-state index contributed by atoms with van der Waals surface area (Å²) in [6.45, 7) is 0. The van der Waals surface area contributed by atoms with Gasteiger partial charge in [-0.2, -0.15) is 0 Å². The Bertz CT molecular complexity index is 989. The lowest BCUT2D eigenvalue weighted by molar-refractivity contribution is -0.115. The number of carbonyl (C=O) groups is 1. The van der Waals surface area contributed by atoms with E-state index >= 15 is 0 Å². The van der Waals surface area contributed by atoms with Gasteiger partial charge in [0.1, 0.15) is 11.5 Å². The van der Waals surface area contributed by atoms with Gasteiger partial charge in [-0.05, 0) is 66.3 Å². The number of amides is 1. The lowest BCUT2D eigenvalue weighted by Crippen LogP contribution is -2.32. The van der Waals surface area contributed by atoms with Crippen LogP contribution in [-0.2, 0) is 4.79 Å². The van der Waals surface area contributed by atoms with E-state index in [-0.39, 0.29) is 11.0 Å². The summed E-state index contributed by atoms with van der Waals surface area (Å²) in [5.41, 5.74) is 1.49. The molecule has 0 fully saturated rings. The molecule has 28 heavy (non-hydrogen) atoms. The Morgan fingerprint density at radius 2 is 1.54 bits per heavy atom. The number of carbonyl (C=O) groups excluding carboxylic acids is 1. The van der Waals surface area contributed by atoms with Crippen molar-refractivity contribution in [2.24, 2.45) is 0 Å². The highest BCUT2D eigenvalue weighted by atomic mass is 35.5. The van der Waals surface area contributed by atoms with E-state index in [0.717, 1.165) is 17.0 Å². The molecule has 0 aliphatic rings. The number of hydrogen-bond donors (Lipinski definition) is 2. The molecule has 0 atom stereocenters. The Hall–Kier alpha value is -3.15. The van der Waals surface area contributed by atoms with Crippen LogP contribution in [0.3, 0.4) is 0 Å².